The van der Waals surface area contributed by atoms with Crippen LogP contribution in [0.4, 0.5) is 13.2 Å². The molecule has 0 fully saturated rings. The maximum absolute atomic E-state index is 12.6. The third-order valence-corrected chi connectivity index (χ3v) is 4.62. The van der Waals surface area contributed by atoms with Crippen molar-refractivity contribution in [2.24, 2.45) is 0 Å². The van der Waals surface area contributed by atoms with E-state index in [1.54, 1.807) is 6.08 Å². The summed E-state index contributed by atoms with van der Waals surface area (Å²) in [6.07, 6.45) is -0.661. The predicted molar refractivity (Wildman–Crippen MR) is 107 cm³/mol. The van der Waals surface area contributed by atoms with Crippen molar-refractivity contribution in [3.05, 3.63) is 53.6 Å². The summed E-state index contributed by atoms with van der Waals surface area (Å²) in [4.78, 5) is 13.9. The van der Waals surface area contributed by atoms with Gasteiger partial charge in [0, 0.05) is 11.1 Å². The molecule has 0 saturated carbocycles. The zero-order valence-electron chi connectivity index (χ0n) is 16.9. The molecule has 1 aliphatic rings. The SMILES string of the molecule is C=Cc1cc(C)cc2nn(CC(C)(C#N)NC(=O)C3=CCC(OC(F)(F)F)C=C3)nc12. The van der Waals surface area contributed by atoms with Crippen LogP contribution in [-0.2, 0) is 16.1 Å². The summed E-state index contributed by atoms with van der Waals surface area (Å²) in [6.45, 7) is 7.17. The highest BCUT2D eigenvalue weighted by Crippen LogP contribution is 2.24. The average Bonchev–Trinajstić information content (AvgIpc) is 3.08. The molecule has 7 nitrogen and oxygen atoms in total. The van der Waals surface area contributed by atoms with Crippen molar-refractivity contribution in [1.82, 2.24) is 20.3 Å². The van der Waals surface area contributed by atoms with Crippen molar-refractivity contribution >= 4 is 23.0 Å². The zero-order chi connectivity index (χ0) is 22.8. The molecular weight excluding hydrogens is 411 g/mol. The topological polar surface area (TPSA) is 92.8 Å². The maximum Gasteiger partial charge on any atom is 0.523 e. The summed E-state index contributed by atoms with van der Waals surface area (Å²) in [5.41, 5.74) is 1.83. The first kappa shape index (κ1) is 22.2. The van der Waals surface area contributed by atoms with E-state index in [9.17, 15) is 23.2 Å². The molecule has 0 spiro atoms. The van der Waals surface area contributed by atoms with Crippen LogP contribution >= 0.6 is 0 Å². The first-order chi connectivity index (χ1) is 14.5. The lowest BCUT2D eigenvalue weighted by Crippen LogP contribution is -2.48. The van der Waals surface area contributed by atoms with Crippen LogP contribution in [0.3, 0.4) is 0 Å². The van der Waals surface area contributed by atoms with Gasteiger partial charge in [0.05, 0.1) is 18.7 Å². The van der Waals surface area contributed by atoms with Crippen LogP contribution in [0.5, 0.6) is 0 Å². The highest BCUT2D eigenvalue weighted by molar-refractivity contribution is 5.97. The third kappa shape index (κ3) is 5.38. The second kappa shape index (κ2) is 8.35. The number of benzene rings is 1. The number of amides is 1. The van der Waals surface area contributed by atoms with Gasteiger partial charge in [0.25, 0.3) is 5.91 Å². The standard InChI is InChI=1S/C21H20F3N5O2/c1-4-14-9-13(2)10-17-18(14)28-29(27-17)12-20(3,11-25)26-19(30)15-5-7-16(8-6-15)31-21(22,23)24/h4-7,9-10,16H,1,8,12H2,2-3H3,(H,26,30). The summed E-state index contributed by atoms with van der Waals surface area (Å²) < 4.78 is 40.8. The molecule has 0 aliphatic heterocycles. The van der Waals surface area contributed by atoms with Gasteiger partial charge in [0.1, 0.15) is 16.6 Å². The van der Waals surface area contributed by atoms with Crippen LogP contribution in [0.25, 0.3) is 17.1 Å². The smallest absolute Gasteiger partial charge is 0.332 e. The van der Waals surface area contributed by atoms with Crippen LogP contribution < -0.4 is 5.32 Å². The number of nitrogens with one attached hydrogen (secondary N) is 1. The van der Waals surface area contributed by atoms with Crippen LogP contribution in [0.1, 0.15) is 24.5 Å². The van der Waals surface area contributed by atoms with E-state index in [1.165, 1.54) is 23.9 Å². The van der Waals surface area contributed by atoms with Crippen molar-refractivity contribution in [3.63, 3.8) is 0 Å². The Bertz CT molecular complexity index is 1130. The molecule has 2 aromatic rings. The van der Waals surface area contributed by atoms with E-state index < -0.39 is 23.9 Å². The van der Waals surface area contributed by atoms with Crippen molar-refractivity contribution < 1.29 is 22.7 Å². The number of aromatic nitrogens is 3. The second-order valence-electron chi connectivity index (χ2n) is 7.41. The van der Waals surface area contributed by atoms with Gasteiger partial charge in [-0.25, -0.2) is 0 Å². The number of alkyl halides is 3. The molecule has 10 heteroatoms. The van der Waals surface area contributed by atoms with Crippen LogP contribution in [0, 0.1) is 18.3 Å². The van der Waals surface area contributed by atoms with Crippen LogP contribution in [0.15, 0.2) is 42.5 Å². The van der Waals surface area contributed by atoms with E-state index in [0.717, 1.165) is 17.2 Å². The van der Waals surface area contributed by atoms with Crippen molar-refractivity contribution in [2.75, 3.05) is 0 Å². The van der Waals surface area contributed by atoms with Gasteiger partial charge in [-0.2, -0.15) is 20.3 Å². The fraction of sp³-hybridized carbons (Fsp3) is 0.333. The fourth-order valence-electron chi connectivity index (χ4n) is 3.20. The molecule has 1 aromatic carbocycles. The molecule has 1 N–H and O–H groups in total. The van der Waals surface area contributed by atoms with Crippen molar-refractivity contribution in [3.8, 4) is 6.07 Å². The highest BCUT2D eigenvalue weighted by Gasteiger charge is 2.34. The number of ether oxygens (including phenoxy) is 1. The summed E-state index contributed by atoms with van der Waals surface area (Å²) >= 11 is 0. The maximum atomic E-state index is 12.6. The van der Waals surface area contributed by atoms with Crippen LogP contribution in [0.2, 0.25) is 0 Å². The molecule has 1 aromatic heterocycles. The monoisotopic (exact) mass is 431 g/mol. The summed E-state index contributed by atoms with van der Waals surface area (Å²) in [6, 6.07) is 5.81. The Labute approximate surface area is 176 Å². The molecule has 2 unspecified atom stereocenters. The molecular formula is C21H20F3N5O2. The largest absolute Gasteiger partial charge is 0.523 e. The highest BCUT2D eigenvalue weighted by atomic mass is 19.4. The number of fused-ring (bicyclic) bond motifs is 1. The number of carbonyl (C=O) groups excluding carboxylic acids is 1. The number of halogens is 3. The summed E-state index contributed by atoms with van der Waals surface area (Å²) in [5.74, 6) is -0.593. The Hall–Kier alpha value is -3.45. The first-order valence-corrected chi connectivity index (χ1v) is 9.36. The average molecular weight is 431 g/mol. The molecule has 162 valence electrons. The molecule has 31 heavy (non-hydrogen) atoms. The Morgan fingerprint density at radius 2 is 2.19 bits per heavy atom. The van der Waals surface area contributed by atoms with Crippen molar-refractivity contribution in [2.45, 2.75) is 44.8 Å². The molecule has 0 saturated heterocycles. The molecule has 1 amide bonds. The molecule has 0 radical (unpaired) electrons. The van der Waals surface area contributed by atoms with Gasteiger partial charge in [-0.05, 0) is 38.0 Å². The van der Waals surface area contributed by atoms with Gasteiger partial charge >= 0.3 is 6.36 Å². The lowest BCUT2D eigenvalue weighted by atomic mass is 10.0. The lowest BCUT2D eigenvalue weighted by Gasteiger charge is -2.24. The number of hydrogen-bond acceptors (Lipinski definition) is 5. The predicted octanol–water partition coefficient (Wildman–Crippen LogP) is 3.57. The third-order valence-electron chi connectivity index (χ3n) is 4.62. The Morgan fingerprint density at radius 3 is 2.77 bits per heavy atom. The van der Waals surface area contributed by atoms with E-state index in [-0.39, 0.29) is 18.5 Å². The number of aryl methyl sites for hydroxylation is 1. The number of rotatable bonds is 6. The molecule has 1 heterocycles. The Morgan fingerprint density at radius 1 is 1.45 bits per heavy atom. The van der Waals surface area contributed by atoms with Gasteiger partial charge in [0.15, 0.2) is 0 Å². The molecule has 1 aliphatic carbocycles. The first-order valence-electron chi connectivity index (χ1n) is 9.36. The second-order valence-corrected chi connectivity index (χ2v) is 7.41. The Kier molecular flexibility index (Phi) is 5.99. The van der Waals surface area contributed by atoms with E-state index in [2.05, 4.69) is 26.8 Å². The van der Waals surface area contributed by atoms with Crippen molar-refractivity contribution in [1.29, 1.82) is 5.26 Å². The molecule has 3 rings (SSSR count). The fourth-order valence-corrected chi connectivity index (χ4v) is 3.20. The number of nitrogens with zero attached hydrogens (tertiary/aromatic N) is 4. The number of nitriles is 1. The van der Waals surface area contributed by atoms with E-state index in [0.29, 0.717) is 11.0 Å². The summed E-state index contributed by atoms with van der Waals surface area (Å²) in [7, 11) is 0. The molecule has 0 bridgehead atoms. The normalized spacial score (nSPS) is 18.2. The minimum absolute atomic E-state index is 0.0314. The van der Waals surface area contributed by atoms with E-state index in [1.807, 2.05) is 25.1 Å². The van der Waals surface area contributed by atoms with E-state index >= 15 is 0 Å². The Balaban J connectivity index is 1.72. The minimum Gasteiger partial charge on any atom is -0.332 e. The zero-order valence-corrected chi connectivity index (χ0v) is 16.9. The number of hydrogen-bond donors (Lipinski definition) is 1. The number of carbonyl (C=O) groups is 1. The lowest BCUT2D eigenvalue weighted by molar-refractivity contribution is -0.335. The van der Waals surface area contributed by atoms with Gasteiger partial charge < -0.3 is 5.32 Å². The van der Waals surface area contributed by atoms with Crippen LogP contribution in [-0.4, -0.2) is 38.9 Å². The minimum atomic E-state index is -4.76. The molecule has 2 atom stereocenters. The van der Waals surface area contributed by atoms with Gasteiger partial charge in [-0.3, -0.25) is 9.53 Å². The summed E-state index contributed by atoms with van der Waals surface area (Å²) in [5, 5.41) is 21.0. The van der Waals surface area contributed by atoms with E-state index in [4.69, 9.17) is 0 Å². The quantitative estimate of drug-likeness (QED) is 0.755. The van der Waals surface area contributed by atoms with Gasteiger partial charge in [-0.1, -0.05) is 30.9 Å². The van der Waals surface area contributed by atoms with Gasteiger partial charge in [-0.15, -0.1) is 13.2 Å². The van der Waals surface area contributed by atoms with Gasteiger partial charge in [0.2, 0.25) is 0 Å².